The minimum atomic E-state index is -1.05. The number of hydrogen-bond acceptors (Lipinski definition) is 6. The molecular formula is C26H21N3O6. The van der Waals surface area contributed by atoms with Gasteiger partial charge in [0.25, 0.3) is 11.6 Å². The van der Waals surface area contributed by atoms with E-state index in [1.165, 1.54) is 23.2 Å². The molecule has 0 unspecified atom stereocenters. The molecule has 2 aromatic carbocycles. The van der Waals surface area contributed by atoms with Crippen LogP contribution in [-0.2, 0) is 4.79 Å². The molecule has 2 aliphatic rings. The fourth-order valence-corrected chi connectivity index (χ4v) is 4.01. The normalized spacial score (nSPS) is 16.6. The van der Waals surface area contributed by atoms with Crippen LogP contribution in [0.2, 0.25) is 0 Å². The molecule has 0 atom stereocenters. The molecule has 5 rings (SSSR count). The number of carbonyl (C=O) groups is 2. The lowest BCUT2D eigenvalue weighted by molar-refractivity contribution is -0.384. The van der Waals surface area contributed by atoms with Gasteiger partial charge in [0.2, 0.25) is 0 Å². The Hall–Kier alpha value is -4.53. The highest BCUT2D eigenvalue weighted by Crippen LogP contribution is 2.39. The first-order valence-corrected chi connectivity index (χ1v) is 11.1. The third-order valence-corrected chi connectivity index (χ3v) is 6.22. The van der Waals surface area contributed by atoms with Crippen molar-refractivity contribution >= 4 is 35.0 Å². The van der Waals surface area contributed by atoms with Crippen LogP contribution in [0.4, 0.5) is 11.4 Å². The van der Waals surface area contributed by atoms with E-state index in [-0.39, 0.29) is 23.1 Å². The molecule has 1 saturated carbocycles. The van der Waals surface area contributed by atoms with E-state index in [2.05, 4.69) is 5.10 Å². The zero-order valence-electron chi connectivity index (χ0n) is 19.0. The Morgan fingerprint density at radius 1 is 1.14 bits per heavy atom. The number of hydrogen-bond donors (Lipinski definition) is 1. The molecule has 1 aliphatic carbocycles. The number of rotatable bonds is 6. The van der Waals surface area contributed by atoms with E-state index in [4.69, 9.17) is 9.52 Å². The SMILES string of the molecule is Cc1cc(-c2ccc(C=C3C(=O)N(c4ccc(C(=O)O)cc4)N=C3C3CC3)o2)c([N+](=O)[O-])cc1C. The monoisotopic (exact) mass is 471 g/mol. The summed E-state index contributed by atoms with van der Waals surface area (Å²) in [6.07, 6.45) is 3.46. The van der Waals surface area contributed by atoms with Crippen LogP contribution in [0, 0.1) is 29.9 Å². The van der Waals surface area contributed by atoms with Crippen molar-refractivity contribution in [3.63, 3.8) is 0 Å². The van der Waals surface area contributed by atoms with Crippen LogP contribution in [-0.4, -0.2) is 27.6 Å². The van der Waals surface area contributed by atoms with E-state index >= 15 is 0 Å². The second-order valence-corrected chi connectivity index (χ2v) is 8.70. The molecular weight excluding hydrogens is 450 g/mol. The lowest BCUT2D eigenvalue weighted by atomic mass is 10.0. The van der Waals surface area contributed by atoms with Crippen LogP contribution in [0.1, 0.15) is 40.1 Å². The molecule has 176 valence electrons. The van der Waals surface area contributed by atoms with Gasteiger partial charge in [0.05, 0.1) is 33.0 Å². The third kappa shape index (κ3) is 4.12. The van der Waals surface area contributed by atoms with Crippen LogP contribution in [0.15, 0.2) is 63.6 Å². The number of carboxylic acids is 1. The Morgan fingerprint density at radius 3 is 2.46 bits per heavy atom. The summed E-state index contributed by atoms with van der Waals surface area (Å²) in [4.78, 5) is 35.6. The summed E-state index contributed by atoms with van der Waals surface area (Å²) in [6.45, 7) is 3.69. The summed E-state index contributed by atoms with van der Waals surface area (Å²) >= 11 is 0. The highest BCUT2D eigenvalue weighted by Gasteiger charge is 2.40. The van der Waals surface area contributed by atoms with Crippen LogP contribution in [0.5, 0.6) is 0 Å². The second-order valence-electron chi connectivity index (χ2n) is 8.70. The number of benzene rings is 2. The molecule has 9 nitrogen and oxygen atoms in total. The Labute approximate surface area is 200 Å². The van der Waals surface area contributed by atoms with Gasteiger partial charge in [-0.1, -0.05) is 0 Å². The van der Waals surface area contributed by atoms with Crippen molar-refractivity contribution in [3.8, 4) is 11.3 Å². The van der Waals surface area contributed by atoms with Gasteiger partial charge >= 0.3 is 5.97 Å². The highest BCUT2D eigenvalue weighted by atomic mass is 16.6. The van der Waals surface area contributed by atoms with Gasteiger partial charge < -0.3 is 9.52 Å². The Kier molecular flexibility index (Phi) is 5.32. The van der Waals surface area contributed by atoms with Gasteiger partial charge in [-0.3, -0.25) is 14.9 Å². The molecule has 0 radical (unpaired) electrons. The van der Waals surface area contributed by atoms with Gasteiger partial charge in [0.15, 0.2) is 0 Å². The number of carboxylic acid groups (broad SMARTS) is 1. The smallest absolute Gasteiger partial charge is 0.335 e. The fraction of sp³-hybridized carbons (Fsp3) is 0.192. The van der Waals surface area contributed by atoms with E-state index in [1.54, 1.807) is 36.4 Å². The number of nitrogens with zero attached hydrogens (tertiary/aromatic N) is 3. The Morgan fingerprint density at radius 2 is 1.83 bits per heavy atom. The number of amides is 1. The molecule has 0 saturated heterocycles. The average molecular weight is 471 g/mol. The molecule has 2 heterocycles. The minimum absolute atomic E-state index is 0.0465. The lowest BCUT2D eigenvalue weighted by Crippen LogP contribution is -2.21. The molecule has 35 heavy (non-hydrogen) atoms. The lowest BCUT2D eigenvalue weighted by Gasteiger charge is -2.11. The highest BCUT2D eigenvalue weighted by molar-refractivity contribution is 6.33. The topological polar surface area (TPSA) is 126 Å². The van der Waals surface area contributed by atoms with Gasteiger partial charge in [0.1, 0.15) is 11.5 Å². The number of carbonyl (C=O) groups excluding carboxylic acids is 1. The van der Waals surface area contributed by atoms with Crippen molar-refractivity contribution < 1.29 is 24.0 Å². The van der Waals surface area contributed by atoms with Crippen molar-refractivity contribution in [2.45, 2.75) is 26.7 Å². The van der Waals surface area contributed by atoms with Crippen LogP contribution >= 0.6 is 0 Å². The maximum absolute atomic E-state index is 13.3. The number of aryl methyl sites for hydroxylation is 2. The van der Waals surface area contributed by atoms with Gasteiger partial charge in [-0.2, -0.15) is 10.1 Å². The number of nitro benzene ring substituents is 1. The van der Waals surface area contributed by atoms with Gasteiger partial charge in [-0.25, -0.2) is 4.79 Å². The first-order valence-electron chi connectivity index (χ1n) is 11.1. The maximum Gasteiger partial charge on any atom is 0.335 e. The molecule has 1 aliphatic heterocycles. The van der Waals surface area contributed by atoms with Crippen LogP contribution in [0.25, 0.3) is 17.4 Å². The maximum atomic E-state index is 13.3. The first-order chi connectivity index (χ1) is 16.7. The molecule has 1 aromatic heterocycles. The molecule has 0 bridgehead atoms. The summed E-state index contributed by atoms with van der Waals surface area (Å²) in [5, 5.41) is 26.5. The number of nitro groups is 1. The Balaban J connectivity index is 1.49. The standard InChI is InChI=1S/C26H21N3O6/c1-14-11-20(22(29(33)34)12-15(14)2)23-10-9-19(35-23)13-21-24(16-3-4-16)27-28(25(21)30)18-7-5-17(6-8-18)26(31)32/h5-13,16H,3-4H2,1-2H3,(H,31,32). The summed E-state index contributed by atoms with van der Waals surface area (Å²) in [5.74, 6) is -0.506. The van der Waals surface area contributed by atoms with E-state index in [1.807, 2.05) is 13.8 Å². The molecule has 9 heteroatoms. The summed E-state index contributed by atoms with van der Waals surface area (Å²) < 4.78 is 5.93. The zero-order valence-corrected chi connectivity index (χ0v) is 19.0. The third-order valence-electron chi connectivity index (χ3n) is 6.22. The predicted octanol–water partition coefficient (Wildman–Crippen LogP) is 5.37. The quantitative estimate of drug-likeness (QED) is 0.293. The van der Waals surface area contributed by atoms with E-state index in [0.717, 1.165) is 24.0 Å². The Bertz CT molecular complexity index is 1440. The number of aromatic carboxylic acids is 1. The van der Waals surface area contributed by atoms with E-state index in [0.29, 0.717) is 34.1 Å². The number of furan rings is 1. The van der Waals surface area contributed by atoms with E-state index in [9.17, 15) is 19.7 Å². The van der Waals surface area contributed by atoms with Gasteiger partial charge in [0, 0.05) is 12.0 Å². The van der Waals surface area contributed by atoms with Crippen molar-refractivity contribution in [2.24, 2.45) is 11.0 Å². The van der Waals surface area contributed by atoms with Crippen molar-refractivity contribution in [1.82, 2.24) is 0 Å². The van der Waals surface area contributed by atoms with Crippen LogP contribution < -0.4 is 5.01 Å². The van der Waals surface area contributed by atoms with Crippen molar-refractivity contribution in [1.29, 1.82) is 0 Å². The largest absolute Gasteiger partial charge is 0.478 e. The molecule has 3 aromatic rings. The number of anilines is 1. The molecule has 1 N–H and O–H groups in total. The van der Waals surface area contributed by atoms with E-state index < -0.39 is 10.9 Å². The summed E-state index contributed by atoms with van der Waals surface area (Å²) in [7, 11) is 0. The van der Waals surface area contributed by atoms with Gasteiger partial charge in [-0.05, 0) is 86.4 Å². The second kappa shape index (κ2) is 8.35. The summed E-state index contributed by atoms with van der Waals surface area (Å²) in [6, 6.07) is 12.5. The first kappa shape index (κ1) is 22.3. The fourth-order valence-electron chi connectivity index (χ4n) is 4.01. The predicted molar refractivity (Wildman–Crippen MR) is 129 cm³/mol. The molecule has 1 amide bonds. The zero-order chi connectivity index (χ0) is 24.9. The van der Waals surface area contributed by atoms with Crippen molar-refractivity contribution in [2.75, 3.05) is 5.01 Å². The van der Waals surface area contributed by atoms with Crippen molar-refractivity contribution in [3.05, 3.63) is 86.7 Å². The van der Waals surface area contributed by atoms with Crippen LogP contribution in [0.3, 0.4) is 0 Å². The minimum Gasteiger partial charge on any atom is -0.478 e. The summed E-state index contributed by atoms with van der Waals surface area (Å²) in [5.41, 5.74) is 3.68. The molecule has 0 spiro atoms. The average Bonchev–Trinajstić information content (AvgIpc) is 3.48. The number of hydrazone groups is 1. The van der Waals surface area contributed by atoms with Gasteiger partial charge in [-0.15, -0.1) is 0 Å². The molecule has 1 fully saturated rings.